The van der Waals surface area contributed by atoms with Crippen molar-refractivity contribution in [3.05, 3.63) is 35.4 Å². The predicted octanol–water partition coefficient (Wildman–Crippen LogP) is 1.23. The van der Waals surface area contributed by atoms with E-state index in [0.29, 0.717) is 30.8 Å². The maximum Gasteiger partial charge on any atom is 0.253 e. The van der Waals surface area contributed by atoms with E-state index in [1.165, 1.54) is 0 Å². The first-order chi connectivity index (χ1) is 11.7. The first-order valence-electron chi connectivity index (χ1n) is 8.63. The van der Waals surface area contributed by atoms with Crippen molar-refractivity contribution in [2.24, 2.45) is 0 Å². The number of nitrogens with one attached hydrogen (secondary N) is 1. The Morgan fingerprint density at radius 1 is 1.08 bits per heavy atom. The molecule has 1 heterocycles. The van der Waals surface area contributed by atoms with Crippen LogP contribution in [0.2, 0.25) is 0 Å². The molecule has 1 aliphatic rings. The highest BCUT2D eigenvalue weighted by Crippen LogP contribution is 2.08. The van der Waals surface area contributed by atoms with Crippen molar-refractivity contribution in [1.29, 1.82) is 0 Å². The summed E-state index contributed by atoms with van der Waals surface area (Å²) in [6.07, 6.45) is 0. The van der Waals surface area contributed by atoms with Gasteiger partial charge in [0, 0.05) is 50.4 Å². The zero-order chi connectivity index (χ0) is 17.4. The molecule has 1 aromatic rings. The lowest BCUT2D eigenvalue weighted by atomic mass is 10.1. The standard InChI is InChI=1S/C18H27N3O3/c1-3-21(4-2)18(23)16-7-5-15(6-8-16)17(22)19-9-10-20-11-13-24-14-12-20/h5-8H,3-4,9-14H2,1-2H3,(H,19,22). The van der Waals surface area contributed by atoms with Gasteiger partial charge in [-0.2, -0.15) is 0 Å². The lowest BCUT2D eigenvalue weighted by Gasteiger charge is -2.26. The van der Waals surface area contributed by atoms with Crippen LogP contribution in [-0.4, -0.2) is 74.1 Å². The highest BCUT2D eigenvalue weighted by molar-refractivity contribution is 5.97. The predicted molar refractivity (Wildman–Crippen MR) is 93.3 cm³/mol. The summed E-state index contributed by atoms with van der Waals surface area (Å²) in [5.41, 5.74) is 1.19. The average Bonchev–Trinajstić information content (AvgIpc) is 2.63. The van der Waals surface area contributed by atoms with Crippen LogP contribution in [0.4, 0.5) is 0 Å². The number of morpholine rings is 1. The summed E-state index contributed by atoms with van der Waals surface area (Å²) in [7, 11) is 0. The molecule has 0 aromatic heterocycles. The fourth-order valence-electron chi connectivity index (χ4n) is 2.71. The van der Waals surface area contributed by atoms with E-state index in [-0.39, 0.29) is 11.8 Å². The molecule has 0 unspecified atom stereocenters. The van der Waals surface area contributed by atoms with Gasteiger partial charge in [0.1, 0.15) is 0 Å². The van der Waals surface area contributed by atoms with Crippen molar-refractivity contribution in [1.82, 2.24) is 15.1 Å². The summed E-state index contributed by atoms with van der Waals surface area (Å²) < 4.78 is 5.30. The number of ether oxygens (including phenoxy) is 1. The zero-order valence-corrected chi connectivity index (χ0v) is 14.6. The topological polar surface area (TPSA) is 61.9 Å². The molecule has 1 aromatic carbocycles. The van der Waals surface area contributed by atoms with Gasteiger partial charge in [0.15, 0.2) is 0 Å². The summed E-state index contributed by atoms with van der Waals surface area (Å²) in [6.45, 7) is 10.1. The molecule has 2 rings (SSSR count). The van der Waals surface area contributed by atoms with Crippen LogP contribution in [-0.2, 0) is 4.74 Å². The Labute approximate surface area is 143 Å². The van der Waals surface area contributed by atoms with E-state index in [9.17, 15) is 9.59 Å². The first-order valence-corrected chi connectivity index (χ1v) is 8.63. The van der Waals surface area contributed by atoms with Crippen molar-refractivity contribution < 1.29 is 14.3 Å². The molecule has 1 N–H and O–H groups in total. The summed E-state index contributed by atoms with van der Waals surface area (Å²) in [4.78, 5) is 28.4. The Hall–Kier alpha value is -1.92. The molecule has 1 fully saturated rings. The van der Waals surface area contributed by atoms with E-state index in [2.05, 4.69) is 10.2 Å². The fourth-order valence-corrected chi connectivity index (χ4v) is 2.71. The SMILES string of the molecule is CCN(CC)C(=O)c1ccc(C(=O)NCCN2CCOCC2)cc1. The third-order valence-electron chi connectivity index (χ3n) is 4.26. The second kappa shape index (κ2) is 9.39. The molecule has 0 aliphatic carbocycles. The summed E-state index contributed by atoms with van der Waals surface area (Å²) in [5, 5.41) is 2.92. The van der Waals surface area contributed by atoms with Gasteiger partial charge in [-0.15, -0.1) is 0 Å². The van der Waals surface area contributed by atoms with Gasteiger partial charge in [-0.25, -0.2) is 0 Å². The van der Waals surface area contributed by atoms with Crippen LogP contribution in [0.3, 0.4) is 0 Å². The number of carbonyl (C=O) groups excluding carboxylic acids is 2. The van der Waals surface area contributed by atoms with Crippen molar-refractivity contribution in [2.75, 3.05) is 52.5 Å². The van der Waals surface area contributed by atoms with Gasteiger partial charge < -0.3 is 15.0 Å². The Balaban J connectivity index is 1.83. The monoisotopic (exact) mass is 333 g/mol. The lowest BCUT2D eigenvalue weighted by Crippen LogP contribution is -2.41. The molecule has 2 amide bonds. The molecule has 0 radical (unpaired) electrons. The van der Waals surface area contributed by atoms with Gasteiger partial charge in [-0.1, -0.05) is 0 Å². The largest absolute Gasteiger partial charge is 0.379 e. The number of amides is 2. The summed E-state index contributed by atoms with van der Waals surface area (Å²) in [5.74, 6) is -0.107. The highest BCUT2D eigenvalue weighted by Gasteiger charge is 2.14. The van der Waals surface area contributed by atoms with Crippen molar-refractivity contribution in [3.63, 3.8) is 0 Å². The molecular formula is C18H27N3O3. The Morgan fingerprint density at radius 2 is 1.67 bits per heavy atom. The number of nitrogens with zero attached hydrogens (tertiary/aromatic N) is 2. The molecule has 1 saturated heterocycles. The highest BCUT2D eigenvalue weighted by atomic mass is 16.5. The first kappa shape index (κ1) is 18.4. The molecule has 6 heteroatoms. The molecule has 132 valence electrons. The summed E-state index contributed by atoms with van der Waals surface area (Å²) >= 11 is 0. The van der Waals surface area contributed by atoms with Crippen molar-refractivity contribution in [2.45, 2.75) is 13.8 Å². The normalized spacial score (nSPS) is 15.1. The average molecular weight is 333 g/mol. The Morgan fingerprint density at radius 3 is 2.25 bits per heavy atom. The van der Waals surface area contributed by atoms with Crippen LogP contribution in [0.15, 0.2) is 24.3 Å². The maximum absolute atomic E-state index is 12.2. The Bertz CT molecular complexity index is 535. The molecule has 0 bridgehead atoms. The zero-order valence-electron chi connectivity index (χ0n) is 14.6. The maximum atomic E-state index is 12.2. The van der Waals surface area contributed by atoms with Crippen LogP contribution in [0.5, 0.6) is 0 Å². The second-order valence-electron chi connectivity index (χ2n) is 5.76. The van der Waals surface area contributed by atoms with Crippen molar-refractivity contribution in [3.8, 4) is 0 Å². The van der Waals surface area contributed by atoms with Gasteiger partial charge in [0.05, 0.1) is 13.2 Å². The minimum atomic E-state index is -0.106. The van der Waals surface area contributed by atoms with Gasteiger partial charge in [0.2, 0.25) is 0 Å². The van der Waals surface area contributed by atoms with E-state index in [4.69, 9.17) is 4.74 Å². The molecule has 0 saturated carbocycles. The van der Waals surface area contributed by atoms with Gasteiger partial charge in [-0.05, 0) is 38.1 Å². The van der Waals surface area contributed by atoms with Gasteiger partial charge >= 0.3 is 0 Å². The third-order valence-corrected chi connectivity index (χ3v) is 4.26. The van der Waals surface area contributed by atoms with Crippen LogP contribution in [0.25, 0.3) is 0 Å². The minimum absolute atomic E-state index is 0.000671. The van der Waals surface area contributed by atoms with E-state index in [1.54, 1.807) is 29.2 Å². The third kappa shape index (κ3) is 5.04. The second-order valence-corrected chi connectivity index (χ2v) is 5.76. The van der Waals surface area contributed by atoms with Crippen LogP contribution in [0.1, 0.15) is 34.6 Å². The molecule has 0 spiro atoms. The summed E-state index contributed by atoms with van der Waals surface area (Å²) in [6, 6.07) is 6.86. The van der Waals surface area contributed by atoms with E-state index in [1.807, 2.05) is 13.8 Å². The van der Waals surface area contributed by atoms with Crippen LogP contribution in [0, 0.1) is 0 Å². The number of carbonyl (C=O) groups is 2. The Kier molecular flexibility index (Phi) is 7.21. The van der Waals surface area contributed by atoms with E-state index >= 15 is 0 Å². The lowest BCUT2D eigenvalue weighted by molar-refractivity contribution is 0.0383. The van der Waals surface area contributed by atoms with Crippen LogP contribution < -0.4 is 5.32 Å². The number of benzene rings is 1. The molecule has 24 heavy (non-hydrogen) atoms. The smallest absolute Gasteiger partial charge is 0.253 e. The van der Waals surface area contributed by atoms with Gasteiger partial charge in [-0.3, -0.25) is 14.5 Å². The number of hydrogen-bond acceptors (Lipinski definition) is 4. The molecule has 6 nitrogen and oxygen atoms in total. The van der Waals surface area contributed by atoms with E-state index < -0.39 is 0 Å². The van der Waals surface area contributed by atoms with Crippen LogP contribution >= 0.6 is 0 Å². The van der Waals surface area contributed by atoms with E-state index in [0.717, 1.165) is 32.8 Å². The molecular weight excluding hydrogens is 306 g/mol. The van der Waals surface area contributed by atoms with Crippen molar-refractivity contribution >= 4 is 11.8 Å². The number of rotatable bonds is 7. The van der Waals surface area contributed by atoms with Gasteiger partial charge in [0.25, 0.3) is 11.8 Å². The number of hydrogen-bond donors (Lipinski definition) is 1. The molecule has 1 aliphatic heterocycles. The fraction of sp³-hybridized carbons (Fsp3) is 0.556. The quantitative estimate of drug-likeness (QED) is 0.815. The minimum Gasteiger partial charge on any atom is -0.379 e. The molecule has 0 atom stereocenters.